The summed E-state index contributed by atoms with van der Waals surface area (Å²) in [6, 6.07) is 5.39. The molecule has 1 fully saturated rings. The fourth-order valence-electron chi connectivity index (χ4n) is 2.67. The van der Waals surface area contributed by atoms with Crippen molar-refractivity contribution >= 4 is 0 Å². The van der Waals surface area contributed by atoms with Crippen LogP contribution < -0.4 is 10.1 Å². The van der Waals surface area contributed by atoms with Crippen molar-refractivity contribution in [3.8, 4) is 11.5 Å². The van der Waals surface area contributed by atoms with Crippen molar-refractivity contribution in [3.63, 3.8) is 0 Å². The zero-order valence-electron chi connectivity index (χ0n) is 11.5. The van der Waals surface area contributed by atoms with Crippen molar-refractivity contribution < 1.29 is 14.9 Å². The monoisotopic (exact) mass is 265 g/mol. The Morgan fingerprint density at radius 2 is 2.05 bits per heavy atom. The molecule has 2 rings (SSSR count). The number of nitrogens with one attached hydrogen (secondary N) is 1. The van der Waals surface area contributed by atoms with Crippen molar-refractivity contribution in [1.29, 1.82) is 0 Å². The zero-order chi connectivity index (χ0) is 13.7. The summed E-state index contributed by atoms with van der Waals surface area (Å²) < 4.78 is 5.37. The summed E-state index contributed by atoms with van der Waals surface area (Å²) in [5.74, 6) is 0.689. The molecule has 0 amide bonds. The minimum Gasteiger partial charge on any atom is -0.504 e. The second-order valence-corrected chi connectivity index (χ2v) is 5.23. The third kappa shape index (κ3) is 3.39. The molecule has 19 heavy (non-hydrogen) atoms. The Morgan fingerprint density at radius 3 is 2.68 bits per heavy atom. The predicted octanol–water partition coefficient (Wildman–Crippen LogP) is 2.19. The van der Waals surface area contributed by atoms with E-state index in [1.165, 1.54) is 12.8 Å². The van der Waals surface area contributed by atoms with Crippen LogP contribution in [0.2, 0.25) is 0 Å². The molecule has 0 atom stereocenters. The second-order valence-electron chi connectivity index (χ2n) is 5.23. The van der Waals surface area contributed by atoms with Crippen LogP contribution in [0.5, 0.6) is 11.5 Å². The SMILES string of the molecule is CCOc1cc(CNC2(CO)CCCC2)ccc1O. The van der Waals surface area contributed by atoms with Gasteiger partial charge in [-0.1, -0.05) is 18.9 Å². The summed E-state index contributed by atoms with van der Waals surface area (Å²) >= 11 is 0. The number of hydrogen-bond acceptors (Lipinski definition) is 4. The maximum absolute atomic E-state index is 9.66. The van der Waals surface area contributed by atoms with E-state index in [-0.39, 0.29) is 17.9 Å². The molecule has 1 saturated carbocycles. The van der Waals surface area contributed by atoms with Crippen LogP contribution >= 0.6 is 0 Å². The Hall–Kier alpha value is -1.26. The van der Waals surface area contributed by atoms with Crippen molar-refractivity contribution in [2.45, 2.75) is 44.7 Å². The van der Waals surface area contributed by atoms with E-state index in [1.807, 2.05) is 19.1 Å². The quantitative estimate of drug-likeness (QED) is 0.738. The maximum Gasteiger partial charge on any atom is 0.161 e. The van der Waals surface area contributed by atoms with Gasteiger partial charge in [-0.3, -0.25) is 0 Å². The van der Waals surface area contributed by atoms with Gasteiger partial charge in [-0.15, -0.1) is 0 Å². The Bertz CT molecular complexity index is 414. The van der Waals surface area contributed by atoms with Crippen LogP contribution in [0.4, 0.5) is 0 Å². The Kier molecular flexibility index (Phi) is 4.66. The molecular weight excluding hydrogens is 242 g/mol. The van der Waals surface area contributed by atoms with Crippen LogP contribution in [0.15, 0.2) is 18.2 Å². The number of aromatic hydroxyl groups is 1. The van der Waals surface area contributed by atoms with E-state index in [2.05, 4.69) is 5.32 Å². The molecule has 4 heteroatoms. The largest absolute Gasteiger partial charge is 0.504 e. The molecule has 0 aliphatic heterocycles. The molecule has 0 spiro atoms. The summed E-state index contributed by atoms with van der Waals surface area (Å²) in [7, 11) is 0. The number of benzene rings is 1. The van der Waals surface area contributed by atoms with Gasteiger partial charge in [0.1, 0.15) is 0 Å². The van der Waals surface area contributed by atoms with Gasteiger partial charge in [0.25, 0.3) is 0 Å². The first-order chi connectivity index (χ1) is 9.19. The molecule has 0 aromatic heterocycles. The van der Waals surface area contributed by atoms with Gasteiger partial charge in [0, 0.05) is 12.1 Å². The van der Waals surface area contributed by atoms with E-state index in [4.69, 9.17) is 4.74 Å². The zero-order valence-corrected chi connectivity index (χ0v) is 11.5. The number of rotatable bonds is 6. The summed E-state index contributed by atoms with van der Waals surface area (Å²) in [6.45, 7) is 3.29. The van der Waals surface area contributed by atoms with Gasteiger partial charge >= 0.3 is 0 Å². The molecule has 0 radical (unpaired) electrons. The molecule has 1 aromatic rings. The number of aliphatic hydroxyl groups excluding tert-OH is 1. The van der Waals surface area contributed by atoms with Gasteiger partial charge in [0.2, 0.25) is 0 Å². The van der Waals surface area contributed by atoms with Crippen LogP contribution in [0.3, 0.4) is 0 Å². The predicted molar refractivity (Wildman–Crippen MR) is 74.4 cm³/mol. The van der Waals surface area contributed by atoms with E-state index >= 15 is 0 Å². The molecule has 0 heterocycles. The number of phenols is 1. The molecule has 4 nitrogen and oxygen atoms in total. The smallest absolute Gasteiger partial charge is 0.161 e. The fourth-order valence-corrected chi connectivity index (χ4v) is 2.67. The van der Waals surface area contributed by atoms with Gasteiger partial charge in [-0.2, -0.15) is 0 Å². The van der Waals surface area contributed by atoms with E-state index in [0.717, 1.165) is 18.4 Å². The lowest BCUT2D eigenvalue weighted by Crippen LogP contribution is -2.45. The van der Waals surface area contributed by atoms with Crippen molar-refractivity contribution in [2.24, 2.45) is 0 Å². The number of aliphatic hydroxyl groups is 1. The van der Waals surface area contributed by atoms with Gasteiger partial charge in [0.05, 0.1) is 13.2 Å². The number of ether oxygens (including phenoxy) is 1. The minimum absolute atomic E-state index is 0.121. The lowest BCUT2D eigenvalue weighted by atomic mass is 9.98. The van der Waals surface area contributed by atoms with E-state index in [1.54, 1.807) is 6.07 Å². The summed E-state index contributed by atoms with van der Waals surface area (Å²) in [5, 5.41) is 22.7. The topological polar surface area (TPSA) is 61.7 Å². The van der Waals surface area contributed by atoms with Crippen LogP contribution in [0.25, 0.3) is 0 Å². The van der Waals surface area contributed by atoms with Crippen LogP contribution in [-0.2, 0) is 6.54 Å². The van der Waals surface area contributed by atoms with E-state index in [0.29, 0.717) is 18.9 Å². The van der Waals surface area contributed by atoms with E-state index < -0.39 is 0 Å². The highest BCUT2D eigenvalue weighted by molar-refractivity contribution is 5.41. The minimum atomic E-state index is -0.121. The summed E-state index contributed by atoms with van der Waals surface area (Å²) in [4.78, 5) is 0. The summed E-state index contributed by atoms with van der Waals surface area (Å²) in [6.07, 6.45) is 4.40. The van der Waals surface area contributed by atoms with Gasteiger partial charge < -0.3 is 20.3 Å². The Morgan fingerprint density at radius 1 is 1.32 bits per heavy atom. The van der Waals surface area contributed by atoms with Crippen molar-refractivity contribution in [3.05, 3.63) is 23.8 Å². The third-order valence-corrected chi connectivity index (χ3v) is 3.85. The average Bonchev–Trinajstić information content (AvgIpc) is 2.89. The fraction of sp³-hybridized carbons (Fsp3) is 0.600. The van der Waals surface area contributed by atoms with Crippen molar-refractivity contribution in [1.82, 2.24) is 5.32 Å². The standard InChI is InChI=1S/C15H23NO3/c1-2-19-14-9-12(5-6-13(14)18)10-16-15(11-17)7-3-4-8-15/h5-6,9,16-18H,2-4,7-8,10-11H2,1H3. The van der Waals surface area contributed by atoms with Crippen LogP contribution in [0, 0.1) is 0 Å². The molecule has 1 aliphatic carbocycles. The molecule has 3 N–H and O–H groups in total. The Balaban J connectivity index is 2.01. The summed E-state index contributed by atoms with van der Waals surface area (Å²) in [5.41, 5.74) is 0.935. The highest BCUT2D eigenvalue weighted by Crippen LogP contribution is 2.30. The van der Waals surface area contributed by atoms with Crippen LogP contribution in [0.1, 0.15) is 38.2 Å². The molecule has 0 unspecified atom stereocenters. The Labute approximate surface area is 114 Å². The number of phenolic OH excluding ortho intramolecular Hbond substituents is 1. The first kappa shape index (κ1) is 14.2. The molecule has 0 bridgehead atoms. The number of hydrogen-bond donors (Lipinski definition) is 3. The van der Waals surface area contributed by atoms with Crippen molar-refractivity contribution in [2.75, 3.05) is 13.2 Å². The first-order valence-corrected chi connectivity index (χ1v) is 7.00. The van der Waals surface area contributed by atoms with Gasteiger partial charge in [0.15, 0.2) is 11.5 Å². The maximum atomic E-state index is 9.66. The van der Waals surface area contributed by atoms with Gasteiger partial charge in [-0.05, 0) is 37.5 Å². The highest BCUT2D eigenvalue weighted by atomic mass is 16.5. The lowest BCUT2D eigenvalue weighted by Gasteiger charge is -2.28. The van der Waals surface area contributed by atoms with Gasteiger partial charge in [-0.25, -0.2) is 0 Å². The lowest BCUT2D eigenvalue weighted by molar-refractivity contribution is 0.163. The van der Waals surface area contributed by atoms with Crippen LogP contribution in [-0.4, -0.2) is 29.0 Å². The van der Waals surface area contributed by atoms with E-state index in [9.17, 15) is 10.2 Å². The second kappa shape index (κ2) is 6.26. The normalized spacial score (nSPS) is 17.6. The first-order valence-electron chi connectivity index (χ1n) is 7.00. The third-order valence-electron chi connectivity index (χ3n) is 3.85. The molecule has 106 valence electrons. The molecule has 0 saturated heterocycles. The molecule has 1 aliphatic rings. The molecular formula is C15H23NO3. The highest BCUT2D eigenvalue weighted by Gasteiger charge is 2.32. The molecule has 1 aromatic carbocycles. The average molecular weight is 265 g/mol.